The summed E-state index contributed by atoms with van der Waals surface area (Å²) in [6.45, 7) is 5.05. The number of halogens is 1. The smallest absolute Gasteiger partial charge is 0.236 e. The van der Waals surface area contributed by atoms with Crippen LogP contribution in [0.15, 0.2) is 0 Å². The zero-order chi connectivity index (χ0) is 10.0. The number of nitrogens with zero attached hydrogens (tertiary/aromatic N) is 1. The number of carbonyl (C=O) groups excluding carboxylic acids is 1. The van der Waals surface area contributed by atoms with Gasteiger partial charge in [0.1, 0.15) is 0 Å². The Balaban J connectivity index is 2.35. The monoisotopic (exact) mass is 247 g/mol. The Bertz CT molecular complexity index is 189. The fourth-order valence-electron chi connectivity index (χ4n) is 1.27. The quantitative estimate of drug-likeness (QED) is 0.699. The van der Waals surface area contributed by atoms with Crippen LogP contribution in [0.3, 0.4) is 0 Å². The topological polar surface area (TPSA) is 20.3 Å². The number of amides is 1. The molecule has 1 unspecified atom stereocenters. The molecule has 1 aliphatic carbocycles. The van der Waals surface area contributed by atoms with Crippen LogP contribution in [-0.2, 0) is 4.79 Å². The molecule has 0 heterocycles. The zero-order valence-electron chi connectivity index (χ0n) is 8.59. The third kappa shape index (κ3) is 3.29. The van der Waals surface area contributed by atoms with E-state index in [-0.39, 0.29) is 10.7 Å². The predicted molar refractivity (Wildman–Crippen MR) is 57.9 cm³/mol. The van der Waals surface area contributed by atoms with Crippen LogP contribution in [0.5, 0.6) is 0 Å². The highest BCUT2D eigenvalue weighted by molar-refractivity contribution is 9.10. The average Bonchev–Trinajstić information content (AvgIpc) is 2.85. The van der Waals surface area contributed by atoms with Crippen LogP contribution in [0, 0.1) is 11.8 Å². The maximum atomic E-state index is 11.7. The molecule has 0 spiro atoms. The molecule has 1 amide bonds. The minimum atomic E-state index is -0.0174. The highest BCUT2D eigenvalue weighted by Crippen LogP contribution is 2.29. The van der Waals surface area contributed by atoms with Crippen molar-refractivity contribution in [3.05, 3.63) is 0 Å². The molecule has 0 aromatic heterocycles. The van der Waals surface area contributed by atoms with Gasteiger partial charge in [-0.2, -0.15) is 0 Å². The standard InChI is InChI=1S/C10H18BrNO/c1-7(2)9(11)10(13)12(3)6-8-4-5-8/h7-9H,4-6H2,1-3H3. The lowest BCUT2D eigenvalue weighted by atomic mass is 10.1. The minimum Gasteiger partial charge on any atom is -0.345 e. The first-order valence-corrected chi connectivity index (χ1v) is 5.83. The van der Waals surface area contributed by atoms with Gasteiger partial charge in [0.15, 0.2) is 0 Å². The van der Waals surface area contributed by atoms with Gasteiger partial charge >= 0.3 is 0 Å². The van der Waals surface area contributed by atoms with Crippen LogP contribution < -0.4 is 0 Å². The van der Waals surface area contributed by atoms with Gasteiger partial charge in [0.25, 0.3) is 0 Å². The molecule has 0 radical (unpaired) electrons. The summed E-state index contributed by atoms with van der Waals surface area (Å²) in [6.07, 6.45) is 2.60. The number of carbonyl (C=O) groups is 1. The molecule has 76 valence electrons. The van der Waals surface area contributed by atoms with E-state index in [9.17, 15) is 4.79 Å². The molecule has 1 atom stereocenters. The molecule has 3 heteroatoms. The van der Waals surface area contributed by atoms with E-state index in [0.29, 0.717) is 5.92 Å². The van der Waals surface area contributed by atoms with Gasteiger partial charge in [0.05, 0.1) is 4.83 Å². The second kappa shape index (κ2) is 4.45. The van der Waals surface area contributed by atoms with Crippen LogP contribution in [-0.4, -0.2) is 29.2 Å². The van der Waals surface area contributed by atoms with E-state index in [1.54, 1.807) is 0 Å². The molecule has 0 aromatic rings. The van der Waals surface area contributed by atoms with Crippen molar-refractivity contribution in [3.63, 3.8) is 0 Å². The molecule has 13 heavy (non-hydrogen) atoms. The van der Waals surface area contributed by atoms with Crippen molar-refractivity contribution in [2.75, 3.05) is 13.6 Å². The first-order valence-electron chi connectivity index (χ1n) is 4.91. The first kappa shape index (κ1) is 11.0. The molecule has 1 rings (SSSR count). The van der Waals surface area contributed by atoms with Gasteiger partial charge in [-0.15, -0.1) is 0 Å². The molecule has 1 fully saturated rings. The highest BCUT2D eigenvalue weighted by atomic mass is 79.9. The van der Waals surface area contributed by atoms with E-state index in [4.69, 9.17) is 0 Å². The third-order valence-electron chi connectivity index (χ3n) is 2.43. The average molecular weight is 248 g/mol. The summed E-state index contributed by atoms with van der Waals surface area (Å²) in [5, 5.41) is 0. The fourth-order valence-corrected chi connectivity index (χ4v) is 1.62. The molecule has 0 saturated heterocycles. The maximum Gasteiger partial charge on any atom is 0.236 e. The Morgan fingerprint density at radius 1 is 1.54 bits per heavy atom. The fraction of sp³-hybridized carbons (Fsp3) is 0.900. The summed E-state index contributed by atoms with van der Waals surface area (Å²) < 4.78 is 0. The van der Waals surface area contributed by atoms with Crippen molar-refractivity contribution < 1.29 is 4.79 Å². The molecule has 0 N–H and O–H groups in total. The van der Waals surface area contributed by atoms with Crippen LogP contribution in [0.25, 0.3) is 0 Å². The van der Waals surface area contributed by atoms with Crippen molar-refractivity contribution >= 4 is 21.8 Å². The van der Waals surface area contributed by atoms with E-state index < -0.39 is 0 Å². The summed E-state index contributed by atoms with van der Waals surface area (Å²) >= 11 is 3.43. The predicted octanol–water partition coefficient (Wildman–Crippen LogP) is 2.27. The Hall–Kier alpha value is -0.0500. The summed E-state index contributed by atoms with van der Waals surface area (Å²) in [4.78, 5) is 13.6. The van der Waals surface area contributed by atoms with Crippen LogP contribution in [0.4, 0.5) is 0 Å². The molecule has 1 saturated carbocycles. The molecular formula is C10H18BrNO. The minimum absolute atomic E-state index is 0.0174. The Morgan fingerprint density at radius 2 is 2.08 bits per heavy atom. The van der Waals surface area contributed by atoms with Gasteiger partial charge in [-0.25, -0.2) is 0 Å². The second-order valence-corrected chi connectivity index (χ2v) is 5.29. The first-order chi connectivity index (χ1) is 6.02. The van der Waals surface area contributed by atoms with E-state index >= 15 is 0 Å². The van der Waals surface area contributed by atoms with Crippen LogP contribution in [0.2, 0.25) is 0 Å². The third-order valence-corrected chi connectivity index (χ3v) is 3.88. The van der Waals surface area contributed by atoms with Crippen molar-refractivity contribution in [1.82, 2.24) is 4.90 Å². The maximum absolute atomic E-state index is 11.7. The van der Waals surface area contributed by atoms with Gasteiger partial charge in [-0.05, 0) is 24.7 Å². The molecular weight excluding hydrogens is 230 g/mol. The molecule has 0 aliphatic heterocycles. The largest absolute Gasteiger partial charge is 0.345 e. The molecule has 1 aliphatic rings. The van der Waals surface area contributed by atoms with Gasteiger partial charge in [0.2, 0.25) is 5.91 Å². The van der Waals surface area contributed by atoms with Crippen molar-refractivity contribution in [2.45, 2.75) is 31.5 Å². The molecule has 0 aromatic carbocycles. The lowest BCUT2D eigenvalue weighted by Gasteiger charge is -2.22. The van der Waals surface area contributed by atoms with Crippen molar-refractivity contribution in [3.8, 4) is 0 Å². The van der Waals surface area contributed by atoms with E-state index in [1.165, 1.54) is 12.8 Å². The van der Waals surface area contributed by atoms with Gasteiger partial charge in [-0.1, -0.05) is 29.8 Å². The van der Waals surface area contributed by atoms with Gasteiger partial charge < -0.3 is 4.90 Å². The van der Waals surface area contributed by atoms with Gasteiger partial charge in [-0.3, -0.25) is 4.79 Å². The summed E-state index contributed by atoms with van der Waals surface area (Å²) in [5.74, 6) is 1.37. The summed E-state index contributed by atoms with van der Waals surface area (Å²) in [7, 11) is 1.90. The molecule has 0 bridgehead atoms. The van der Waals surface area contributed by atoms with Crippen molar-refractivity contribution in [2.24, 2.45) is 11.8 Å². The number of rotatable bonds is 4. The lowest BCUT2D eigenvalue weighted by molar-refractivity contribution is -0.130. The molecule has 2 nitrogen and oxygen atoms in total. The van der Waals surface area contributed by atoms with E-state index in [0.717, 1.165) is 12.5 Å². The normalized spacial score (nSPS) is 18.8. The Morgan fingerprint density at radius 3 is 2.46 bits per heavy atom. The highest BCUT2D eigenvalue weighted by Gasteiger charge is 2.28. The summed E-state index contributed by atoms with van der Waals surface area (Å²) in [6, 6.07) is 0. The Labute approximate surface area is 88.8 Å². The lowest BCUT2D eigenvalue weighted by Crippen LogP contribution is -2.37. The van der Waals surface area contributed by atoms with Crippen LogP contribution in [0.1, 0.15) is 26.7 Å². The zero-order valence-corrected chi connectivity index (χ0v) is 10.2. The Kier molecular flexibility index (Phi) is 3.77. The SMILES string of the molecule is CC(C)C(Br)C(=O)N(C)CC1CC1. The number of hydrogen-bond acceptors (Lipinski definition) is 1. The van der Waals surface area contributed by atoms with E-state index in [2.05, 4.69) is 29.8 Å². The van der Waals surface area contributed by atoms with Crippen LogP contribution >= 0.6 is 15.9 Å². The van der Waals surface area contributed by atoms with Gasteiger partial charge in [0, 0.05) is 13.6 Å². The van der Waals surface area contributed by atoms with Crippen molar-refractivity contribution in [1.29, 1.82) is 0 Å². The van der Waals surface area contributed by atoms with E-state index in [1.807, 2.05) is 11.9 Å². The number of hydrogen-bond donors (Lipinski definition) is 0. The second-order valence-electron chi connectivity index (χ2n) is 4.31. The number of alkyl halides is 1. The summed E-state index contributed by atoms with van der Waals surface area (Å²) in [5.41, 5.74) is 0.